The van der Waals surface area contributed by atoms with Crippen LogP contribution >= 0.6 is 0 Å². The van der Waals surface area contributed by atoms with Gasteiger partial charge in [-0.3, -0.25) is 0 Å². The van der Waals surface area contributed by atoms with Gasteiger partial charge in [0.15, 0.2) is 0 Å². The number of benzene rings is 1. The second kappa shape index (κ2) is 3.73. The van der Waals surface area contributed by atoms with E-state index < -0.39 is 0 Å². The molecule has 0 amide bonds. The lowest BCUT2D eigenvalue weighted by atomic mass is 9.96. The van der Waals surface area contributed by atoms with Crippen molar-refractivity contribution >= 4 is 10.9 Å². The molecule has 1 aromatic carbocycles. The summed E-state index contributed by atoms with van der Waals surface area (Å²) in [6.45, 7) is 6.75. The van der Waals surface area contributed by atoms with Crippen molar-refractivity contribution in [3.63, 3.8) is 0 Å². The molecule has 15 heavy (non-hydrogen) atoms. The minimum Gasteiger partial charge on any atom is -0.351 e. The average Bonchev–Trinajstić information content (AvgIpc) is 2.59. The summed E-state index contributed by atoms with van der Waals surface area (Å²) in [4.78, 5) is 0. The number of nitrogens with zero attached hydrogens (tertiary/aromatic N) is 1. The summed E-state index contributed by atoms with van der Waals surface area (Å²) >= 11 is 0. The maximum Gasteiger partial charge on any atom is 0.0483 e. The Morgan fingerprint density at radius 1 is 1.27 bits per heavy atom. The van der Waals surface area contributed by atoms with Crippen molar-refractivity contribution in [1.82, 2.24) is 4.57 Å². The quantitative estimate of drug-likeness (QED) is 0.695. The van der Waals surface area contributed by atoms with Crippen molar-refractivity contribution < 1.29 is 0 Å². The largest absolute Gasteiger partial charge is 0.351 e. The highest BCUT2D eigenvalue weighted by molar-refractivity contribution is 5.85. The Morgan fingerprint density at radius 3 is 2.60 bits per heavy atom. The molecule has 0 N–H and O–H groups in total. The first-order chi connectivity index (χ1) is 7.13. The van der Waals surface area contributed by atoms with Crippen LogP contribution in [0, 0.1) is 0 Å². The standard InChI is InChI=1S/C14H19N/c1-5-11-8-13(10(2)3)12-6-7-15(4)14(12)9-11/h6-10H,5H2,1-4H3. The van der Waals surface area contributed by atoms with Gasteiger partial charge in [-0.25, -0.2) is 0 Å². The Kier molecular flexibility index (Phi) is 2.56. The van der Waals surface area contributed by atoms with Gasteiger partial charge < -0.3 is 4.57 Å². The average molecular weight is 201 g/mol. The van der Waals surface area contributed by atoms with E-state index in [0.717, 1.165) is 6.42 Å². The predicted octanol–water partition coefficient (Wildman–Crippen LogP) is 3.86. The van der Waals surface area contributed by atoms with Crippen molar-refractivity contribution in [2.24, 2.45) is 7.05 Å². The zero-order valence-corrected chi connectivity index (χ0v) is 10.0. The van der Waals surface area contributed by atoms with Crippen molar-refractivity contribution in [2.75, 3.05) is 0 Å². The summed E-state index contributed by atoms with van der Waals surface area (Å²) in [6.07, 6.45) is 3.26. The second-order valence-corrected chi connectivity index (χ2v) is 4.55. The molecule has 0 aliphatic rings. The predicted molar refractivity (Wildman–Crippen MR) is 66.4 cm³/mol. The molecule has 1 heteroatoms. The summed E-state index contributed by atoms with van der Waals surface area (Å²) < 4.78 is 2.21. The molecule has 0 saturated heterocycles. The summed E-state index contributed by atoms with van der Waals surface area (Å²) in [6, 6.07) is 6.89. The third-order valence-corrected chi connectivity index (χ3v) is 3.13. The van der Waals surface area contributed by atoms with Gasteiger partial charge in [0.1, 0.15) is 0 Å². The smallest absolute Gasteiger partial charge is 0.0483 e. The van der Waals surface area contributed by atoms with Crippen molar-refractivity contribution in [2.45, 2.75) is 33.1 Å². The fraction of sp³-hybridized carbons (Fsp3) is 0.429. The van der Waals surface area contributed by atoms with Gasteiger partial charge in [-0.2, -0.15) is 0 Å². The third kappa shape index (κ3) is 1.67. The van der Waals surface area contributed by atoms with Crippen LogP contribution in [0.4, 0.5) is 0 Å². The highest BCUT2D eigenvalue weighted by Gasteiger charge is 2.08. The Labute approximate surface area is 91.7 Å². The Bertz CT molecular complexity index is 477. The molecule has 1 nitrogen and oxygen atoms in total. The molecule has 0 radical (unpaired) electrons. The fourth-order valence-electron chi connectivity index (χ4n) is 2.14. The van der Waals surface area contributed by atoms with E-state index in [1.165, 1.54) is 22.0 Å². The minimum absolute atomic E-state index is 0.599. The van der Waals surface area contributed by atoms with Crippen LogP contribution in [0.25, 0.3) is 10.9 Å². The Balaban J connectivity index is 2.76. The highest BCUT2D eigenvalue weighted by atomic mass is 14.9. The van der Waals surface area contributed by atoms with Crippen LogP contribution in [-0.4, -0.2) is 4.57 Å². The lowest BCUT2D eigenvalue weighted by Gasteiger charge is -2.10. The maximum absolute atomic E-state index is 2.35. The molecule has 0 unspecified atom stereocenters. The number of hydrogen-bond acceptors (Lipinski definition) is 0. The van der Waals surface area contributed by atoms with Gasteiger partial charge in [0.25, 0.3) is 0 Å². The molecular weight excluding hydrogens is 182 g/mol. The molecule has 2 rings (SSSR count). The summed E-state index contributed by atoms with van der Waals surface area (Å²) in [5, 5.41) is 1.41. The molecule has 0 atom stereocenters. The summed E-state index contributed by atoms with van der Waals surface area (Å²) in [7, 11) is 2.12. The van der Waals surface area contributed by atoms with Gasteiger partial charge in [0, 0.05) is 24.1 Å². The normalized spacial score (nSPS) is 11.5. The van der Waals surface area contributed by atoms with Gasteiger partial charge >= 0.3 is 0 Å². The van der Waals surface area contributed by atoms with Crippen LogP contribution < -0.4 is 0 Å². The lowest BCUT2D eigenvalue weighted by molar-refractivity contribution is 0.871. The molecule has 0 fully saturated rings. The van der Waals surface area contributed by atoms with Crippen molar-refractivity contribution in [3.05, 3.63) is 35.5 Å². The highest BCUT2D eigenvalue weighted by Crippen LogP contribution is 2.27. The SMILES string of the molecule is CCc1cc(C(C)C)c2ccn(C)c2c1. The summed E-state index contributed by atoms with van der Waals surface area (Å²) in [5.74, 6) is 0.599. The van der Waals surface area contributed by atoms with E-state index in [9.17, 15) is 0 Å². The van der Waals surface area contributed by atoms with E-state index in [1.807, 2.05) is 0 Å². The van der Waals surface area contributed by atoms with E-state index >= 15 is 0 Å². The molecule has 0 spiro atoms. The topological polar surface area (TPSA) is 4.93 Å². The van der Waals surface area contributed by atoms with Crippen LogP contribution in [0.1, 0.15) is 37.8 Å². The fourth-order valence-corrected chi connectivity index (χ4v) is 2.14. The molecule has 0 aliphatic heterocycles. The van der Waals surface area contributed by atoms with E-state index in [-0.39, 0.29) is 0 Å². The molecule has 80 valence electrons. The van der Waals surface area contributed by atoms with Crippen LogP contribution in [-0.2, 0) is 13.5 Å². The molecule has 2 aromatic rings. The molecule has 0 aliphatic carbocycles. The van der Waals surface area contributed by atoms with Gasteiger partial charge in [0.2, 0.25) is 0 Å². The van der Waals surface area contributed by atoms with E-state index in [0.29, 0.717) is 5.92 Å². The van der Waals surface area contributed by atoms with E-state index in [4.69, 9.17) is 0 Å². The van der Waals surface area contributed by atoms with Gasteiger partial charge in [-0.15, -0.1) is 0 Å². The monoisotopic (exact) mass is 201 g/mol. The molecular formula is C14H19N. The molecule has 0 bridgehead atoms. The minimum atomic E-state index is 0.599. The Hall–Kier alpha value is -1.24. The number of aromatic nitrogens is 1. The van der Waals surface area contributed by atoms with Gasteiger partial charge in [-0.05, 0) is 35.6 Å². The number of fused-ring (bicyclic) bond motifs is 1. The van der Waals surface area contributed by atoms with Crippen LogP contribution in [0.5, 0.6) is 0 Å². The molecule has 0 saturated carbocycles. The first-order valence-corrected chi connectivity index (χ1v) is 5.71. The number of aryl methyl sites for hydroxylation is 2. The Morgan fingerprint density at radius 2 is 2.00 bits per heavy atom. The van der Waals surface area contributed by atoms with E-state index in [2.05, 4.69) is 56.8 Å². The zero-order chi connectivity index (χ0) is 11.0. The third-order valence-electron chi connectivity index (χ3n) is 3.13. The maximum atomic E-state index is 2.35. The first kappa shape index (κ1) is 10.3. The number of hydrogen-bond donors (Lipinski definition) is 0. The van der Waals surface area contributed by atoms with Crippen LogP contribution in [0.15, 0.2) is 24.4 Å². The molecule has 1 aromatic heterocycles. The van der Waals surface area contributed by atoms with Gasteiger partial charge in [0.05, 0.1) is 0 Å². The van der Waals surface area contributed by atoms with Crippen molar-refractivity contribution in [3.8, 4) is 0 Å². The first-order valence-electron chi connectivity index (χ1n) is 5.71. The van der Waals surface area contributed by atoms with E-state index in [1.54, 1.807) is 0 Å². The second-order valence-electron chi connectivity index (χ2n) is 4.55. The zero-order valence-electron chi connectivity index (χ0n) is 10.0. The summed E-state index contributed by atoms with van der Waals surface area (Å²) in [5.41, 5.74) is 4.27. The van der Waals surface area contributed by atoms with Gasteiger partial charge in [-0.1, -0.05) is 26.8 Å². The van der Waals surface area contributed by atoms with Crippen LogP contribution in [0.2, 0.25) is 0 Å². The number of rotatable bonds is 2. The van der Waals surface area contributed by atoms with Crippen LogP contribution in [0.3, 0.4) is 0 Å². The molecule has 1 heterocycles. The van der Waals surface area contributed by atoms with Crippen molar-refractivity contribution in [1.29, 1.82) is 0 Å². The lowest BCUT2D eigenvalue weighted by Crippen LogP contribution is -1.93.